The summed E-state index contributed by atoms with van der Waals surface area (Å²) in [6.07, 6.45) is -5.03. The smallest absolute Gasteiger partial charge is 0.416 e. The van der Waals surface area contributed by atoms with Crippen molar-refractivity contribution in [1.29, 1.82) is 0 Å². The van der Waals surface area contributed by atoms with Crippen LogP contribution in [0.15, 0.2) is 59.0 Å². The van der Waals surface area contributed by atoms with Crippen molar-refractivity contribution in [3.05, 3.63) is 77.2 Å². The highest BCUT2D eigenvalue weighted by Gasteiger charge is 2.44. The van der Waals surface area contributed by atoms with Crippen LogP contribution in [0.25, 0.3) is 11.5 Å². The molecule has 0 radical (unpaired) electrons. The highest BCUT2D eigenvalue weighted by Crippen LogP contribution is 2.29. The normalized spacial score (nSPS) is 14.7. The van der Waals surface area contributed by atoms with Gasteiger partial charge in [-0.05, 0) is 76.9 Å². The monoisotopic (exact) mass is 657 g/mol. The van der Waals surface area contributed by atoms with E-state index in [1.165, 1.54) is 4.90 Å². The minimum absolute atomic E-state index is 0.0264. The van der Waals surface area contributed by atoms with E-state index < -0.39 is 46.7 Å². The number of ether oxygens (including phenoxy) is 1. The van der Waals surface area contributed by atoms with Crippen molar-refractivity contribution in [2.24, 2.45) is 0 Å². The van der Waals surface area contributed by atoms with Gasteiger partial charge in [-0.15, -0.1) is 0 Å². The summed E-state index contributed by atoms with van der Waals surface area (Å²) in [6, 6.07) is 13.0. The van der Waals surface area contributed by atoms with E-state index in [-0.39, 0.29) is 51.0 Å². The van der Waals surface area contributed by atoms with E-state index in [0.29, 0.717) is 17.3 Å². The fourth-order valence-electron chi connectivity index (χ4n) is 5.00. The van der Waals surface area contributed by atoms with Crippen LogP contribution in [0.2, 0.25) is 0 Å². The summed E-state index contributed by atoms with van der Waals surface area (Å²) in [6.45, 7) is 7.15. The molecule has 47 heavy (non-hydrogen) atoms. The van der Waals surface area contributed by atoms with Gasteiger partial charge in [0.25, 0.3) is 5.91 Å². The Labute approximate surface area is 270 Å². The van der Waals surface area contributed by atoms with E-state index in [1.807, 2.05) is 30.3 Å². The third-order valence-corrected chi connectivity index (χ3v) is 7.49. The summed E-state index contributed by atoms with van der Waals surface area (Å²) < 4.78 is 49.7. The number of oxazole rings is 1. The first kappa shape index (κ1) is 35.0. The second kappa shape index (κ2) is 14.3. The van der Waals surface area contributed by atoms with E-state index >= 15 is 0 Å². The number of amides is 4. The zero-order valence-corrected chi connectivity index (χ0v) is 26.6. The Morgan fingerprint density at radius 3 is 2.15 bits per heavy atom. The predicted octanol–water partition coefficient (Wildman–Crippen LogP) is 4.64. The molecule has 0 unspecified atom stereocenters. The van der Waals surface area contributed by atoms with Crippen LogP contribution >= 0.6 is 0 Å². The van der Waals surface area contributed by atoms with Crippen LogP contribution < -0.4 is 16.0 Å². The zero-order chi connectivity index (χ0) is 34.4. The number of halogens is 3. The molecule has 4 rings (SSSR count). The molecular weight excluding hydrogens is 619 g/mol. The second-order valence-corrected chi connectivity index (χ2v) is 12.2. The van der Waals surface area contributed by atoms with Gasteiger partial charge in [0.2, 0.25) is 17.7 Å². The SMILES string of the molecule is Cc1oc(-c2ccccc2)nc1CC(=O)NC1(C(=O)NCCNC(=O)c2ccc(C(F)(F)F)cc2)CCN(C(=O)OC(C)(C)C)CC1. The molecule has 14 heteroatoms. The fourth-order valence-corrected chi connectivity index (χ4v) is 5.00. The third-order valence-electron chi connectivity index (χ3n) is 7.49. The molecule has 1 aliphatic heterocycles. The van der Waals surface area contributed by atoms with Gasteiger partial charge in [-0.1, -0.05) is 18.2 Å². The number of carbonyl (C=O) groups is 4. The lowest BCUT2D eigenvalue weighted by Gasteiger charge is -2.41. The molecule has 2 heterocycles. The van der Waals surface area contributed by atoms with Crippen LogP contribution in [0.4, 0.5) is 18.0 Å². The van der Waals surface area contributed by atoms with E-state index in [1.54, 1.807) is 27.7 Å². The molecule has 0 spiro atoms. The number of carbonyl (C=O) groups excluding carboxylic acids is 4. The molecule has 0 atom stereocenters. The van der Waals surface area contributed by atoms with Crippen LogP contribution in [0, 0.1) is 6.92 Å². The Hall–Kier alpha value is -4.88. The van der Waals surface area contributed by atoms with Gasteiger partial charge < -0.3 is 30.0 Å². The summed E-state index contributed by atoms with van der Waals surface area (Å²) in [5, 5.41) is 8.16. The number of nitrogens with zero attached hydrogens (tertiary/aromatic N) is 2. The zero-order valence-electron chi connectivity index (χ0n) is 26.6. The Morgan fingerprint density at radius 2 is 1.55 bits per heavy atom. The molecular formula is C33H38F3N5O6. The van der Waals surface area contributed by atoms with Crippen molar-refractivity contribution >= 4 is 23.8 Å². The maximum Gasteiger partial charge on any atom is 0.416 e. The van der Waals surface area contributed by atoms with Crippen LogP contribution in [0.5, 0.6) is 0 Å². The third kappa shape index (κ3) is 9.33. The van der Waals surface area contributed by atoms with Gasteiger partial charge in [0.1, 0.15) is 16.9 Å². The van der Waals surface area contributed by atoms with Crippen LogP contribution in [0.1, 0.15) is 61.0 Å². The van der Waals surface area contributed by atoms with E-state index in [9.17, 15) is 32.3 Å². The van der Waals surface area contributed by atoms with Gasteiger partial charge in [0.15, 0.2) is 0 Å². The van der Waals surface area contributed by atoms with Crippen LogP contribution in [-0.4, -0.2) is 71.0 Å². The number of rotatable bonds is 9. The number of hydrogen-bond acceptors (Lipinski definition) is 7. The highest BCUT2D eigenvalue weighted by molar-refractivity contribution is 5.94. The Balaban J connectivity index is 1.40. The number of likely N-dealkylation sites (tertiary alicyclic amines) is 1. The van der Waals surface area contributed by atoms with Crippen molar-refractivity contribution < 1.29 is 41.5 Å². The van der Waals surface area contributed by atoms with E-state index in [0.717, 1.165) is 29.8 Å². The number of alkyl halides is 3. The number of piperidine rings is 1. The maximum absolute atomic E-state index is 13.6. The molecule has 1 aliphatic rings. The first-order chi connectivity index (χ1) is 22.1. The van der Waals surface area contributed by atoms with Gasteiger partial charge in [0, 0.05) is 37.3 Å². The Bertz CT molecular complexity index is 1570. The summed E-state index contributed by atoms with van der Waals surface area (Å²) in [7, 11) is 0. The largest absolute Gasteiger partial charge is 0.444 e. The summed E-state index contributed by atoms with van der Waals surface area (Å²) >= 11 is 0. The second-order valence-electron chi connectivity index (χ2n) is 12.2. The molecule has 4 amide bonds. The minimum Gasteiger partial charge on any atom is -0.444 e. The van der Waals surface area contributed by atoms with Gasteiger partial charge in [-0.25, -0.2) is 9.78 Å². The topological polar surface area (TPSA) is 143 Å². The summed E-state index contributed by atoms with van der Waals surface area (Å²) in [5.41, 5.74) is -1.78. The Kier molecular flexibility index (Phi) is 10.6. The number of hydrogen-bond donors (Lipinski definition) is 3. The van der Waals surface area contributed by atoms with Gasteiger partial charge >= 0.3 is 12.3 Å². The lowest BCUT2D eigenvalue weighted by Crippen LogP contribution is -2.64. The molecule has 0 saturated carbocycles. The highest BCUT2D eigenvalue weighted by atomic mass is 19.4. The first-order valence-electron chi connectivity index (χ1n) is 15.1. The van der Waals surface area contributed by atoms with Crippen LogP contribution in [0.3, 0.4) is 0 Å². The maximum atomic E-state index is 13.6. The van der Waals surface area contributed by atoms with Crippen molar-refractivity contribution in [3.8, 4) is 11.5 Å². The average molecular weight is 658 g/mol. The predicted molar refractivity (Wildman–Crippen MR) is 165 cm³/mol. The molecule has 0 bridgehead atoms. The molecule has 1 aromatic heterocycles. The standard InChI is InChI=1S/C33H38F3N5O6/c1-21-25(39-28(46-21)23-8-6-5-7-9-23)20-26(42)40-32(14-18-41(19-15-32)30(45)47-31(2,3)4)29(44)38-17-16-37-27(43)22-10-12-24(13-11-22)33(34,35)36/h5-13H,14-20H2,1-4H3,(H,37,43)(H,38,44)(H,40,42). The molecule has 252 valence electrons. The molecule has 2 aromatic carbocycles. The molecule has 1 fully saturated rings. The van der Waals surface area contributed by atoms with Crippen LogP contribution in [-0.2, 0) is 26.9 Å². The van der Waals surface area contributed by atoms with Crippen molar-refractivity contribution in [1.82, 2.24) is 25.8 Å². The summed E-state index contributed by atoms with van der Waals surface area (Å²) in [4.78, 5) is 58.0. The minimum atomic E-state index is -4.52. The quantitative estimate of drug-likeness (QED) is 0.285. The number of nitrogens with one attached hydrogen (secondary N) is 3. The van der Waals surface area contributed by atoms with Gasteiger partial charge in [0.05, 0.1) is 17.7 Å². The number of aryl methyl sites for hydroxylation is 1. The number of benzene rings is 2. The molecule has 3 N–H and O–H groups in total. The number of aromatic nitrogens is 1. The first-order valence-corrected chi connectivity index (χ1v) is 15.1. The molecule has 3 aromatic rings. The molecule has 0 aliphatic carbocycles. The van der Waals surface area contributed by atoms with Gasteiger partial charge in [-0.2, -0.15) is 13.2 Å². The Morgan fingerprint density at radius 1 is 0.936 bits per heavy atom. The molecule has 11 nitrogen and oxygen atoms in total. The van der Waals surface area contributed by atoms with Crippen molar-refractivity contribution in [3.63, 3.8) is 0 Å². The van der Waals surface area contributed by atoms with Crippen molar-refractivity contribution in [2.45, 2.75) is 64.3 Å². The van der Waals surface area contributed by atoms with E-state index in [2.05, 4.69) is 20.9 Å². The fraction of sp³-hybridized carbons (Fsp3) is 0.424. The lowest BCUT2D eigenvalue weighted by atomic mass is 9.86. The van der Waals surface area contributed by atoms with E-state index in [4.69, 9.17) is 9.15 Å². The van der Waals surface area contributed by atoms with Crippen molar-refractivity contribution in [2.75, 3.05) is 26.2 Å². The summed E-state index contributed by atoms with van der Waals surface area (Å²) in [5.74, 6) is -0.777. The van der Waals surface area contributed by atoms with Gasteiger partial charge in [-0.3, -0.25) is 14.4 Å². The molecule has 1 saturated heterocycles. The average Bonchev–Trinajstić information content (AvgIpc) is 3.38. The lowest BCUT2D eigenvalue weighted by molar-refractivity contribution is -0.137.